The SMILES string of the molecule is CC(=O)N1CCc2c(c(Nc3ccc(-c4cccc(C(C)(C)O)c4)cc3)nn2C)C1.CC(=O)N1CCc2c(c(Nc3ccc(-c4ccnn4C)cc3)nn2C)C1.CC(=O)N1CCc2c(c(Nc3ccc(-c4cnn(C)c4C)cc3)nn2C)C1.CC(=O)N1CCc2c(c(Nc3ccc(-c4cnn(CC(F)(F)F)c4)cc3)nn2C)C1. The molecular formula is C83H95F3N22O5. The zero-order valence-electron chi connectivity index (χ0n) is 65.9. The van der Waals surface area contributed by atoms with E-state index in [4.69, 9.17) is 0 Å². The fraction of sp³-hybridized carbons (Fsp3) is 0.337. The Morgan fingerprint density at radius 3 is 1.12 bits per heavy atom. The molecule has 5 N–H and O–H groups in total. The predicted molar refractivity (Wildman–Crippen MR) is 428 cm³/mol. The molecular weight excluding hydrogens is 1440 g/mol. The highest BCUT2D eigenvalue weighted by molar-refractivity contribution is 5.78. The van der Waals surface area contributed by atoms with Crippen molar-refractivity contribution in [3.63, 3.8) is 0 Å². The van der Waals surface area contributed by atoms with Gasteiger partial charge in [-0.25, -0.2) is 0 Å². The molecule has 0 spiro atoms. The van der Waals surface area contributed by atoms with E-state index in [0.717, 1.165) is 168 Å². The van der Waals surface area contributed by atoms with Gasteiger partial charge in [-0.05, 0) is 115 Å². The number of rotatable bonds is 14. The molecule has 0 aliphatic carbocycles. The number of carbonyl (C=O) groups is 4. The Morgan fingerprint density at radius 2 is 0.788 bits per heavy atom. The standard InChI is InChI=1S/C24H28N4O2.C20H21F3N6O.C20H24N6O.C19H22N6O/c1-16(29)28-13-12-22-21(15-28)23(26-27(22)4)25-20-10-8-17(9-11-20)18-6-5-7-19(14-18)24(2,3)30;1-13(30)28-8-7-18-17(11-28)19(26-27(18)2)25-16-5-3-14(4-6-16)15-9-24-29(10-15)12-20(21,22)23;1-13-17(11-21-24(13)3)15-5-7-16(8-6-15)22-20-18-12-26(14(2)27)10-9-19(18)25(4)23-20;1-13(26)25-11-9-18-16(12-25)19(22-24(18)3)21-15-6-4-14(5-7-15)17-8-10-20-23(17)2/h5-11,14,30H,12-13,15H2,1-4H3,(H,25,26);3-6,9-10H,7-8,11-12H2,1-2H3,(H,25,26);5-8,11H,9-10,12H2,1-4H3,(H,22,23);4-8,10H,9,11-12H2,1-3H3,(H,21,22). The van der Waals surface area contributed by atoms with Crippen LogP contribution in [0.2, 0.25) is 0 Å². The minimum absolute atomic E-state index is 0.0332. The number of anilines is 8. The van der Waals surface area contributed by atoms with Crippen LogP contribution in [0.3, 0.4) is 0 Å². The van der Waals surface area contributed by atoms with Crippen LogP contribution in [0.4, 0.5) is 59.2 Å². The summed E-state index contributed by atoms with van der Waals surface area (Å²) in [5, 5.41) is 54.5. The van der Waals surface area contributed by atoms with Gasteiger partial charge in [-0.1, -0.05) is 66.7 Å². The second kappa shape index (κ2) is 32.8. The van der Waals surface area contributed by atoms with Crippen molar-refractivity contribution in [1.29, 1.82) is 0 Å². The number of carbonyl (C=O) groups excluding carboxylic acids is 4. The summed E-state index contributed by atoms with van der Waals surface area (Å²) in [7, 11) is 11.6. The van der Waals surface area contributed by atoms with Crippen LogP contribution in [0, 0.1) is 6.92 Å². The first kappa shape index (κ1) is 78.5. The van der Waals surface area contributed by atoms with Crippen LogP contribution in [0.15, 0.2) is 152 Å². The lowest BCUT2D eigenvalue weighted by molar-refractivity contribution is -0.142. The van der Waals surface area contributed by atoms with Gasteiger partial charge in [-0.2, -0.15) is 48.9 Å². The fourth-order valence-corrected chi connectivity index (χ4v) is 14.6. The van der Waals surface area contributed by atoms with Crippen LogP contribution in [0.5, 0.6) is 0 Å². The summed E-state index contributed by atoms with van der Waals surface area (Å²) in [5.41, 5.74) is 21.8. The summed E-state index contributed by atoms with van der Waals surface area (Å²) >= 11 is 0. The molecule has 4 amide bonds. The van der Waals surface area contributed by atoms with Gasteiger partial charge in [-0.15, -0.1) is 0 Å². The zero-order valence-corrected chi connectivity index (χ0v) is 65.9. The van der Waals surface area contributed by atoms with E-state index in [1.807, 2.05) is 170 Å². The number of nitrogens with one attached hydrogen (secondary N) is 4. The van der Waals surface area contributed by atoms with Crippen molar-refractivity contribution in [2.24, 2.45) is 42.3 Å². The van der Waals surface area contributed by atoms with Gasteiger partial charge in [-0.3, -0.25) is 52.0 Å². The van der Waals surface area contributed by atoms with E-state index in [0.29, 0.717) is 44.1 Å². The number of fused-ring (bicyclic) bond motifs is 4. The molecule has 0 radical (unpaired) electrons. The molecule has 0 saturated heterocycles. The second-order valence-electron chi connectivity index (χ2n) is 29.5. The normalized spacial score (nSPS) is 13.7. The van der Waals surface area contributed by atoms with Crippen molar-refractivity contribution in [3.05, 3.63) is 208 Å². The lowest BCUT2D eigenvalue weighted by atomic mass is 9.94. The van der Waals surface area contributed by atoms with E-state index in [-0.39, 0.29) is 23.6 Å². The van der Waals surface area contributed by atoms with Gasteiger partial charge in [0.05, 0.1) is 49.9 Å². The van der Waals surface area contributed by atoms with E-state index in [1.165, 1.54) is 29.5 Å². The van der Waals surface area contributed by atoms with E-state index >= 15 is 0 Å². The van der Waals surface area contributed by atoms with E-state index in [1.54, 1.807) is 52.6 Å². The molecule has 0 bridgehead atoms. The summed E-state index contributed by atoms with van der Waals surface area (Å²) in [6, 6.07) is 41.9. The molecule has 0 saturated carbocycles. The van der Waals surface area contributed by atoms with Crippen molar-refractivity contribution in [2.45, 2.75) is 119 Å². The zero-order chi connectivity index (χ0) is 80.3. The van der Waals surface area contributed by atoms with Gasteiger partial charge < -0.3 is 46.0 Å². The van der Waals surface area contributed by atoms with E-state index < -0.39 is 18.3 Å². The molecule has 0 fully saturated rings. The van der Waals surface area contributed by atoms with Crippen molar-refractivity contribution in [2.75, 3.05) is 47.4 Å². The topological polar surface area (TPSA) is 274 Å². The number of halogens is 3. The average molecular weight is 1540 g/mol. The maximum absolute atomic E-state index is 12.5. The van der Waals surface area contributed by atoms with Crippen molar-refractivity contribution in [3.8, 4) is 44.6 Å². The summed E-state index contributed by atoms with van der Waals surface area (Å²) in [6.45, 7) is 16.2. The number of hydrogen-bond acceptors (Lipinski definition) is 16. The Hall–Kier alpha value is -12.6. The summed E-state index contributed by atoms with van der Waals surface area (Å²) in [4.78, 5) is 54.4. The number of aromatic nitrogens is 14. The highest BCUT2D eigenvalue weighted by Crippen LogP contribution is 2.36. The van der Waals surface area contributed by atoms with Gasteiger partial charge in [0.25, 0.3) is 0 Å². The molecule has 16 rings (SSSR count). The smallest absolute Gasteiger partial charge is 0.386 e. The molecule has 30 heteroatoms. The first-order valence-corrected chi connectivity index (χ1v) is 37.5. The van der Waals surface area contributed by atoms with Gasteiger partial charge in [0.1, 0.15) is 6.54 Å². The number of nitrogens with zero attached hydrogens (tertiary/aromatic N) is 18. The number of hydrogen-bond donors (Lipinski definition) is 5. The average Bonchev–Trinajstić information content (AvgIpc) is 1.66. The number of aliphatic hydroxyl groups is 1. The van der Waals surface area contributed by atoms with Crippen molar-refractivity contribution >= 4 is 69.6 Å². The number of amides is 4. The Kier molecular flexibility index (Phi) is 22.8. The molecule has 7 aromatic heterocycles. The van der Waals surface area contributed by atoms with Gasteiger partial charge >= 0.3 is 6.18 Å². The fourth-order valence-electron chi connectivity index (χ4n) is 14.6. The molecule has 12 aromatic rings. The van der Waals surface area contributed by atoms with Gasteiger partial charge in [0.15, 0.2) is 23.3 Å². The number of benzene rings is 5. The number of aryl methyl sites for hydroxylation is 6. The third kappa shape index (κ3) is 18.1. The summed E-state index contributed by atoms with van der Waals surface area (Å²) in [5.74, 6) is 3.47. The Morgan fingerprint density at radius 1 is 0.425 bits per heavy atom. The molecule has 0 unspecified atom stereocenters. The Balaban J connectivity index is 0.000000132. The molecule has 0 atom stereocenters. The second-order valence-corrected chi connectivity index (χ2v) is 29.5. The third-order valence-corrected chi connectivity index (χ3v) is 21.2. The monoisotopic (exact) mass is 1540 g/mol. The first-order valence-electron chi connectivity index (χ1n) is 37.5. The largest absolute Gasteiger partial charge is 0.408 e. The predicted octanol–water partition coefficient (Wildman–Crippen LogP) is 12.7. The minimum atomic E-state index is -4.31. The molecule has 5 aromatic carbocycles. The van der Waals surface area contributed by atoms with Crippen molar-refractivity contribution < 1.29 is 37.5 Å². The van der Waals surface area contributed by atoms with Crippen LogP contribution >= 0.6 is 0 Å². The highest BCUT2D eigenvalue weighted by Gasteiger charge is 2.32. The Labute approximate surface area is 653 Å². The molecule has 27 nitrogen and oxygen atoms in total. The maximum atomic E-state index is 12.5. The van der Waals surface area contributed by atoms with Crippen LogP contribution in [0.25, 0.3) is 44.6 Å². The lowest BCUT2D eigenvalue weighted by Gasteiger charge is -2.26. The van der Waals surface area contributed by atoms with Crippen LogP contribution in [-0.2, 0) is 125 Å². The summed E-state index contributed by atoms with van der Waals surface area (Å²) < 4.78 is 49.7. The first-order chi connectivity index (χ1) is 53.9. The van der Waals surface area contributed by atoms with E-state index in [9.17, 15) is 37.5 Å². The summed E-state index contributed by atoms with van der Waals surface area (Å²) in [6.07, 6.45) is 5.40. The molecule has 4 aliphatic heterocycles. The molecule has 588 valence electrons. The quantitative estimate of drug-likeness (QED) is 0.0677. The van der Waals surface area contributed by atoms with Crippen LogP contribution in [0.1, 0.15) is 97.8 Å². The van der Waals surface area contributed by atoms with Crippen LogP contribution in [-0.4, -0.2) is 149 Å². The maximum Gasteiger partial charge on any atom is 0.408 e. The highest BCUT2D eigenvalue weighted by atomic mass is 19.4. The number of alkyl halides is 3. The van der Waals surface area contributed by atoms with Crippen molar-refractivity contribution in [1.82, 2.24) is 88.1 Å². The van der Waals surface area contributed by atoms with E-state index in [2.05, 4.69) is 112 Å². The molecule has 4 aliphatic rings. The minimum Gasteiger partial charge on any atom is -0.386 e. The van der Waals surface area contributed by atoms with Gasteiger partial charge in [0.2, 0.25) is 23.6 Å². The Bertz CT molecular complexity index is 5440. The molecule has 11 heterocycles. The lowest BCUT2D eigenvalue weighted by Crippen LogP contribution is -2.34. The van der Waals surface area contributed by atoms with Gasteiger partial charge in [0, 0.05) is 219 Å². The van der Waals surface area contributed by atoms with Crippen LogP contribution < -0.4 is 21.3 Å². The third-order valence-electron chi connectivity index (χ3n) is 21.2. The molecule has 113 heavy (non-hydrogen) atoms.